The van der Waals surface area contributed by atoms with E-state index >= 15 is 0 Å². The second kappa shape index (κ2) is 4.36. The van der Waals surface area contributed by atoms with Gasteiger partial charge in [-0.3, -0.25) is 0 Å². The van der Waals surface area contributed by atoms with Crippen LogP contribution >= 0.6 is 0 Å². The minimum atomic E-state index is -0.608. The van der Waals surface area contributed by atoms with Gasteiger partial charge in [0.2, 0.25) is 0 Å². The third kappa shape index (κ3) is 2.82. The molecule has 1 heteroatoms. The minimum absolute atomic E-state index is 0.0941. The summed E-state index contributed by atoms with van der Waals surface area (Å²) in [5.74, 6) is 0. The van der Waals surface area contributed by atoms with Gasteiger partial charge in [0.25, 0.3) is 0 Å². The summed E-state index contributed by atoms with van der Waals surface area (Å²) in [4.78, 5) is 0. The molecule has 0 heterocycles. The van der Waals surface area contributed by atoms with Crippen LogP contribution in [0.5, 0.6) is 0 Å². The summed E-state index contributed by atoms with van der Waals surface area (Å²) in [7, 11) is 0. The molecule has 0 radical (unpaired) electrons. The minimum Gasteiger partial charge on any atom is -0.390 e. The van der Waals surface area contributed by atoms with Gasteiger partial charge in [0, 0.05) is 0 Å². The first kappa shape index (κ1) is 12.3. The third-order valence-electron chi connectivity index (χ3n) is 3.64. The first-order chi connectivity index (χ1) is 6.89. The Morgan fingerprint density at radius 2 is 1.60 bits per heavy atom. The highest BCUT2D eigenvalue weighted by atomic mass is 16.3. The van der Waals surface area contributed by atoms with E-state index in [2.05, 4.69) is 26.0 Å². The summed E-state index contributed by atoms with van der Waals surface area (Å²) >= 11 is 0. The van der Waals surface area contributed by atoms with Crippen LogP contribution in [0.3, 0.4) is 0 Å². The quantitative estimate of drug-likeness (QED) is 0.800. The van der Waals surface area contributed by atoms with Crippen molar-refractivity contribution in [3.63, 3.8) is 0 Å². The molecule has 0 aliphatic heterocycles. The standard InChI is InChI=1S/C14H22O/c1-5-14(4,15)13(2,3)11-12-9-7-6-8-10-12/h6-10,15H,5,11H2,1-4H3. The number of benzene rings is 1. The Bertz CT molecular complexity index is 298. The fourth-order valence-corrected chi connectivity index (χ4v) is 1.78. The first-order valence-electron chi connectivity index (χ1n) is 5.65. The van der Waals surface area contributed by atoms with E-state index in [0.29, 0.717) is 0 Å². The predicted molar refractivity (Wildman–Crippen MR) is 64.8 cm³/mol. The Kier molecular flexibility index (Phi) is 3.56. The van der Waals surface area contributed by atoms with Gasteiger partial charge in [-0.1, -0.05) is 51.1 Å². The van der Waals surface area contributed by atoms with E-state index in [-0.39, 0.29) is 5.41 Å². The average molecular weight is 206 g/mol. The van der Waals surface area contributed by atoms with Crippen molar-refractivity contribution in [1.29, 1.82) is 0 Å². The average Bonchev–Trinajstić information content (AvgIpc) is 2.18. The van der Waals surface area contributed by atoms with Gasteiger partial charge in [-0.05, 0) is 30.7 Å². The van der Waals surface area contributed by atoms with Crippen LogP contribution in [0.25, 0.3) is 0 Å². The van der Waals surface area contributed by atoms with Crippen LogP contribution in [0.15, 0.2) is 30.3 Å². The van der Waals surface area contributed by atoms with Crippen LogP contribution in [0.4, 0.5) is 0 Å². The molecule has 0 bridgehead atoms. The van der Waals surface area contributed by atoms with Gasteiger partial charge in [-0.25, -0.2) is 0 Å². The van der Waals surface area contributed by atoms with Gasteiger partial charge >= 0.3 is 0 Å². The normalized spacial score (nSPS) is 16.1. The predicted octanol–water partition coefficient (Wildman–Crippen LogP) is 3.42. The molecule has 15 heavy (non-hydrogen) atoms. The van der Waals surface area contributed by atoms with Crippen LogP contribution in [0.1, 0.15) is 39.7 Å². The highest BCUT2D eigenvalue weighted by Crippen LogP contribution is 2.36. The van der Waals surface area contributed by atoms with E-state index in [1.807, 2.05) is 32.0 Å². The lowest BCUT2D eigenvalue weighted by Gasteiger charge is -2.39. The van der Waals surface area contributed by atoms with Crippen LogP contribution in [-0.2, 0) is 6.42 Å². The molecule has 0 fully saturated rings. The molecule has 1 aromatic carbocycles. The molecule has 0 saturated heterocycles. The van der Waals surface area contributed by atoms with Crippen molar-refractivity contribution >= 4 is 0 Å². The Hall–Kier alpha value is -0.820. The molecule has 0 saturated carbocycles. The van der Waals surface area contributed by atoms with E-state index in [0.717, 1.165) is 12.8 Å². The van der Waals surface area contributed by atoms with Gasteiger partial charge in [0.05, 0.1) is 5.60 Å². The van der Waals surface area contributed by atoms with Crippen molar-refractivity contribution in [3.05, 3.63) is 35.9 Å². The summed E-state index contributed by atoms with van der Waals surface area (Å²) in [6.07, 6.45) is 1.70. The molecule has 0 spiro atoms. The van der Waals surface area contributed by atoms with E-state index < -0.39 is 5.60 Å². The first-order valence-corrected chi connectivity index (χ1v) is 5.65. The fraction of sp³-hybridized carbons (Fsp3) is 0.571. The summed E-state index contributed by atoms with van der Waals surface area (Å²) in [6.45, 7) is 8.22. The zero-order valence-electron chi connectivity index (χ0n) is 10.2. The molecule has 1 atom stereocenters. The number of hydrogen-bond donors (Lipinski definition) is 1. The smallest absolute Gasteiger partial charge is 0.0671 e. The zero-order chi connectivity index (χ0) is 11.5. The summed E-state index contributed by atoms with van der Waals surface area (Å²) < 4.78 is 0. The molecular formula is C14H22O. The van der Waals surface area contributed by atoms with E-state index in [1.54, 1.807) is 0 Å². The monoisotopic (exact) mass is 206 g/mol. The third-order valence-corrected chi connectivity index (χ3v) is 3.64. The topological polar surface area (TPSA) is 20.2 Å². The molecule has 1 unspecified atom stereocenters. The van der Waals surface area contributed by atoms with Gasteiger partial charge in [0.15, 0.2) is 0 Å². The second-order valence-corrected chi connectivity index (χ2v) is 5.17. The molecule has 1 aromatic rings. The maximum absolute atomic E-state index is 10.3. The maximum Gasteiger partial charge on any atom is 0.0671 e. The number of hydrogen-bond acceptors (Lipinski definition) is 1. The lowest BCUT2D eigenvalue weighted by molar-refractivity contribution is -0.0539. The SMILES string of the molecule is CCC(C)(O)C(C)(C)Cc1ccccc1. The Morgan fingerprint density at radius 3 is 2.07 bits per heavy atom. The van der Waals surface area contributed by atoms with Crippen molar-refractivity contribution in [1.82, 2.24) is 0 Å². The maximum atomic E-state index is 10.3. The summed E-state index contributed by atoms with van der Waals surface area (Å²) in [6, 6.07) is 10.4. The second-order valence-electron chi connectivity index (χ2n) is 5.17. The van der Waals surface area contributed by atoms with Crippen LogP contribution in [0.2, 0.25) is 0 Å². The van der Waals surface area contributed by atoms with Crippen molar-refractivity contribution in [3.8, 4) is 0 Å². The van der Waals surface area contributed by atoms with Gasteiger partial charge < -0.3 is 5.11 Å². The molecule has 0 aliphatic rings. The molecule has 1 N–H and O–H groups in total. The molecule has 0 amide bonds. The van der Waals surface area contributed by atoms with Crippen molar-refractivity contribution in [2.75, 3.05) is 0 Å². The van der Waals surface area contributed by atoms with E-state index in [1.165, 1.54) is 5.56 Å². The summed E-state index contributed by atoms with van der Waals surface area (Å²) in [5, 5.41) is 10.3. The zero-order valence-corrected chi connectivity index (χ0v) is 10.2. The van der Waals surface area contributed by atoms with Crippen molar-refractivity contribution in [2.24, 2.45) is 5.41 Å². The highest BCUT2D eigenvalue weighted by Gasteiger charge is 2.37. The van der Waals surface area contributed by atoms with E-state index in [4.69, 9.17) is 0 Å². The summed E-state index contributed by atoms with van der Waals surface area (Å²) in [5.41, 5.74) is 0.586. The Balaban J connectivity index is 2.81. The molecular weight excluding hydrogens is 184 g/mol. The van der Waals surface area contributed by atoms with Crippen LogP contribution < -0.4 is 0 Å². The molecule has 0 aromatic heterocycles. The van der Waals surface area contributed by atoms with Gasteiger partial charge in [-0.15, -0.1) is 0 Å². The van der Waals surface area contributed by atoms with Crippen LogP contribution in [0, 0.1) is 5.41 Å². The lowest BCUT2D eigenvalue weighted by Crippen LogP contribution is -2.42. The molecule has 84 valence electrons. The largest absolute Gasteiger partial charge is 0.390 e. The number of rotatable bonds is 4. The van der Waals surface area contributed by atoms with E-state index in [9.17, 15) is 5.11 Å². The highest BCUT2D eigenvalue weighted by molar-refractivity contribution is 5.17. The van der Waals surface area contributed by atoms with Crippen molar-refractivity contribution < 1.29 is 5.11 Å². The Morgan fingerprint density at radius 1 is 1.07 bits per heavy atom. The number of aliphatic hydroxyl groups is 1. The van der Waals surface area contributed by atoms with Gasteiger partial charge in [0.1, 0.15) is 0 Å². The molecule has 1 rings (SSSR count). The molecule has 1 nitrogen and oxygen atoms in total. The van der Waals surface area contributed by atoms with Gasteiger partial charge in [-0.2, -0.15) is 0 Å². The van der Waals surface area contributed by atoms with Crippen LogP contribution in [-0.4, -0.2) is 10.7 Å². The lowest BCUT2D eigenvalue weighted by atomic mass is 9.71. The fourth-order valence-electron chi connectivity index (χ4n) is 1.78. The van der Waals surface area contributed by atoms with Crippen molar-refractivity contribution in [2.45, 2.75) is 46.1 Å². The Labute approximate surface area is 93.1 Å². The molecule has 0 aliphatic carbocycles.